The first-order valence-electron chi connectivity index (χ1n) is 6.62. The van der Waals surface area contributed by atoms with Crippen LogP contribution in [0.5, 0.6) is 17.2 Å². The van der Waals surface area contributed by atoms with Crippen molar-refractivity contribution in [1.82, 2.24) is 0 Å². The fourth-order valence-electron chi connectivity index (χ4n) is 1.99. The highest BCUT2D eigenvalue weighted by molar-refractivity contribution is 7.91. The second-order valence-electron chi connectivity index (χ2n) is 4.73. The number of fused-ring (bicyclic) bond motifs is 1. The van der Waals surface area contributed by atoms with Crippen LogP contribution in [-0.2, 0) is 9.84 Å². The Kier molecular flexibility index (Phi) is 4.10. The zero-order valence-electron chi connectivity index (χ0n) is 11.9. The number of benzene rings is 2. The first-order valence-corrected chi connectivity index (χ1v) is 8.16. The Hall–Kier alpha value is -2.68. The summed E-state index contributed by atoms with van der Waals surface area (Å²) in [4.78, 5) is 11.4. The van der Waals surface area contributed by atoms with E-state index >= 15 is 0 Å². The lowest BCUT2D eigenvalue weighted by molar-refractivity contribution is 0.0734. The maximum atomic E-state index is 12.5. The standard InChI is InChI=1S/C15H10F2O6S/c16-15(17)24(19,20)11-4-1-9(2-5-11)14(18)23-10-3-6-12-13(7-10)22-8-21-12/h1-7,15H,8H2. The molecule has 1 aliphatic heterocycles. The Morgan fingerprint density at radius 3 is 2.38 bits per heavy atom. The van der Waals surface area contributed by atoms with Crippen LogP contribution < -0.4 is 14.2 Å². The van der Waals surface area contributed by atoms with Crippen molar-refractivity contribution in [3.05, 3.63) is 48.0 Å². The van der Waals surface area contributed by atoms with Gasteiger partial charge in [0.05, 0.1) is 10.5 Å². The summed E-state index contributed by atoms with van der Waals surface area (Å²) >= 11 is 0. The number of carbonyl (C=O) groups excluding carboxylic acids is 1. The summed E-state index contributed by atoms with van der Waals surface area (Å²) in [5.41, 5.74) is 0.0147. The minimum Gasteiger partial charge on any atom is -0.454 e. The van der Waals surface area contributed by atoms with Crippen molar-refractivity contribution in [2.24, 2.45) is 0 Å². The van der Waals surface area contributed by atoms with Crippen molar-refractivity contribution in [3.8, 4) is 17.2 Å². The van der Waals surface area contributed by atoms with Crippen LogP contribution in [0.3, 0.4) is 0 Å². The smallest absolute Gasteiger partial charge is 0.343 e. The van der Waals surface area contributed by atoms with E-state index in [1.165, 1.54) is 12.1 Å². The van der Waals surface area contributed by atoms with Crippen LogP contribution >= 0.6 is 0 Å². The van der Waals surface area contributed by atoms with E-state index in [1.807, 2.05) is 0 Å². The molecule has 1 aliphatic rings. The molecular weight excluding hydrogens is 346 g/mol. The van der Waals surface area contributed by atoms with Gasteiger partial charge in [-0.25, -0.2) is 13.2 Å². The molecule has 0 aliphatic carbocycles. The zero-order chi connectivity index (χ0) is 17.3. The van der Waals surface area contributed by atoms with Crippen LogP contribution in [0.1, 0.15) is 10.4 Å². The minimum absolute atomic E-state index is 0.0147. The molecule has 3 rings (SSSR count). The van der Waals surface area contributed by atoms with Crippen LogP contribution in [0.25, 0.3) is 0 Å². The topological polar surface area (TPSA) is 78.9 Å². The van der Waals surface area contributed by atoms with E-state index in [9.17, 15) is 22.0 Å². The average Bonchev–Trinajstić information content (AvgIpc) is 3.02. The second kappa shape index (κ2) is 6.08. The highest BCUT2D eigenvalue weighted by Gasteiger charge is 2.26. The van der Waals surface area contributed by atoms with Crippen LogP contribution in [0.15, 0.2) is 47.4 Å². The predicted molar refractivity (Wildman–Crippen MR) is 77.2 cm³/mol. The number of halogens is 2. The van der Waals surface area contributed by atoms with Gasteiger partial charge in [0.25, 0.3) is 0 Å². The van der Waals surface area contributed by atoms with Crippen molar-refractivity contribution in [2.45, 2.75) is 10.7 Å². The number of hydrogen-bond acceptors (Lipinski definition) is 6. The molecule has 0 N–H and O–H groups in total. The molecule has 0 spiro atoms. The summed E-state index contributed by atoms with van der Waals surface area (Å²) in [5, 5.41) is 0. The molecule has 126 valence electrons. The SMILES string of the molecule is O=C(Oc1ccc2c(c1)OCO2)c1ccc(S(=O)(=O)C(F)F)cc1. The quantitative estimate of drug-likeness (QED) is 0.619. The second-order valence-corrected chi connectivity index (χ2v) is 6.65. The maximum Gasteiger partial charge on any atom is 0.343 e. The van der Waals surface area contributed by atoms with Gasteiger partial charge in [-0.2, -0.15) is 8.78 Å². The van der Waals surface area contributed by atoms with Gasteiger partial charge >= 0.3 is 11.7 Å². The normalized spacial score (nSPS) is 13.1. The Morgan fingerprint density at radius 2 is 1.71 bits per heavy atom. The maximum absolute atomic E-state index is 12.5. The molecule has 0 radical (unpaired) electrons. The lowest BCUT2D eigenvalue weighted by Crippen LogP contribution is -2.12. The van der Waals surface area contributed by atoms with Crippen molar-refractivity contribution >= 4 is 15.8 Å². The minimum atomic E-state index is -4.70. The van der Waals surface area contributed by atoms with E-state index in [4.69, 9.17) is 14.2 Å². The van der Waals surface area contributed by atoms with Crippen LogP contribution in [0, 0.1) is 0 Å². The van der Waals surface area contributed by atoms with Crippen LogP contribution in [0.4, 0.5) is 8.78 Å². The van der Waals surface area contributed by atoms with Gasteiger partial charge in [-0.1, -0.05) is 0 Å². The highest BCUT2D eigenvalue weighted by atomic mass is 32.2. The molecular formula is C15H10F2O6S. The average molecular weight is 356 g/mol. The number of sulfone groups is 1. The largest absolute Gasteiger partial charge is 0.454 e. The third-order valence-electron chi connectivity index (χ3n) is 3.21. The van der Waals surface area contributed by atoms with E-state index in [0.29, 0.717) is 11.5 Å². The molecule has 0 unspecified atom stereocenters. The first kappa shape index (κ1) is 16.2. The van der Waals surface area contributed by atoms with Gasteiger partial charge in [0.15, 0.2) is 11.5 Å². The lowest BCUT2D eigenvalue weighted by Gasteiger charge is -2.06. The Morgan fingerprint density at radius 1 is 1.04 bits per heavy atom. The third-order valence-corrected chi connectivity index (χ3v) is 4.61. The van der Waals surface area contributed by atoms with Gasteiger partial charge in [-0.3, -0.25) is 0 Å². The summed E-state index contributed by atoms with van der Waals surface area (Å²) in [6, 6.07) is 8.60. The highest BCUT2D eigenvalue weighted by Crippen LogP contribution is 2.35. The lowest BCUT2D eigenvalue weighted by atomic mass is 10.2. The predicted octanol–water partition coefficient (Wildman–Crippen LogP) is 2.63. The van der Waals surface area contributed by atoms with E-state index in [-0.39, 0.29) is 18.1 Å². The number of carbonyl (C=O) groups is 1. The number of ether oxygens (including phenoxy) is 3. The van der Waals surface area contributed by atoms with Crippen LogP contribution in [0.2, 0.25) is 0 Å². The summed E-state index contributed by atoms with van der Waals surface area (Å²) in [6.07, 6.45) is 0. The van der Waals surface area contributed by atoms with Gasteiger partial charge < -0.3 is 14.2 Å². The number of rotatable bonds is 4. The molecule has 2 aromatic carbocycles. The summed E-state index contributed by atoms with van der Waals surface area (Å²) in [5.74, 6) is -3.14. The molecule has 0 fully saturated rings. The molecule has 24 heavy (non-hydrogen) atoms. The molecule has 6 nitrogen and oxygen atoms in total. The fourth-order valence-corrected chi connectivity index (χ4v) is 2.71. The molecule has 0 bridgehead atoms. The zero-order valence-corrected chi connectivity index (χ0v) is 12.8. The Labute approximate surface area is 135 Å². The van der Waals surface area contributed by atoms with E-state index in [2.05, 4.69) is 0 Å². The molecule has 0 saturated heterocycles. The van der Waals surface area contributed by atoms with Gasteiger partial charge in [-0.05, 0) is 36.4 Å². The van der Waals surface area contributed by atoms with E-state index in [0.717, 1.165) is 24.3 Å². The molecule has 2 aromatic rings. The molecule has 0 atom stereocenters. The third kappa shape index (κ3) is 3.02. The number of alkyl halides is 2. The van der Waals surface area contributed by atoms with Crippen molar-refractivity contribution in [2.75, 3.05) is 6.79 Å². The van der Waals surface area contributed by atoms with Crippen LogP contribution in [-0.4, -0.2) is 26.9 Å². The first-order chi connectivity index (χ1) is 11.4. The van der Waals surface area contributed by atoms with E-state index < -0.39 is 26.5 Å². The number of esters is 1. The van der Waals surface area contributed by atoms with Crippen molar-refractivity contribution in [1.29, 1.82) is 0 Å². The molecule has 0 amide bonds. The molecule has 9 heteroatoms. The van der Waals surface area contributed by atoms with Gasteiger partial charge in [-0.15, -0.1) is 0 Å². The molecule has 1 heterocycles. The van der Waals surface area contributed by atoms with Crippen molar-refractivity contribution in [3.63, 3.8) is 0 Å². The van der Waals surface area contributed by atoms with Gasteiger partial charge in [0.2, 0.25) is 16.6 Å². The Balaban J connectivity index is 1.76. The summed E-state index contributed by atoms with van der Waals surface area (Å²) in [6.45, 7) is 0.0762. The fraction of sp³-hybridized carbons (Fsp3) is 0.133. The van der Waals surface area contributed by atoms with Crippen molar-refractivity contribution < 1.29 is 36.2 Å². The summed E-state index contributed by atoms with van der Waals surface area (Å²) in [7, 11) is -4.70. The van der Waals surface area contributed by atoms with Gasteiger partial charge in [0.1, 0.15) is 5.75 Å². The van der Waals surface area contributed by atoms with Gasteiger partial charge in [0, 0.05) is 6.07 Å². The van der Waals surface area contributed by atoms with E-state index in [1.54, 1.807) is 6.07 Å². The molecule has 0 aromatic heterocycles. The monoisotopic (exact) mass is 356 g/mol. The number of hydrogen-bond donors (Lipinski definition) is 0. The summed E-state index contributed by atoms with van der Waals surface area (Å²) < 4.78 is 62.9. The molecule has 0 saturated carbocycles. The Bertz CT molecular complexity index is 877.